The Labute approximate surface area is 175 Å². The van der Waals surface area contributed by atoms with Crippen molar-refractivity contribution in [1.82, 2.24) is 4.90 Å². The number of rotatable bonds is 5. The second-order valence-electron chi connectivity index (χ2n) is 6.85. The molecule has 1 saturated heterocycles. The number of piperidine rings is 1. The number of carbonyl (C=O) groups excluding carboxylic acids is 2. The summed E-state index contributed by atoms with van der Waals surface area (Å²) >= 11 is 6.05. The molecule has 2 aromatic carbocycles. The van der Waals surface area contributed by atoms with E-state index in [-0.39, 0.29) is 28.0 Å². The molecule has 9 heteroatoms. The fraction of sp³-hybridized carbons (Fsp3) is 0.300. The van der Waals surface area contributed by atoms with Gasteiger partial charge >= 0.3 is 0 Å². The van der Waals surface area contributed by atoms with Crippen molar-refractivity contribution in [1.29, 1.82) is 0 Å². The van der Waals surface area contributed by atoms with E-state index in [4.69, 9.17) is 11.6 Å². The molecule has 1 heterocycles. The first kappa shape index (κ1) is 21.1. The first-order valence-corrected chi connectivity index (χ1v) is 11.1. The zero-order valence-corrected chi connectivity index (χ0v) is 17.5. The lowest BCUT2D eigenvalue weighted by Gasteiger charge is -2.27. The largest absolute Gasteiger partial charge is 0.339 e. The van der Waals surface area contributed by atoms with Crippen LogP contribution < -0.4 is 10.0 Å². The van der Waals surface area contributed by atoms with Crippen molar-refractivity contribution >= 4 is 44.8 Å². The van der Waals surface area contributed by atoms with Gasteiger partial charge in [0.15, 0.2) is 0 Å². The van der Waals surface area contributed by atoms with Gasteiger partial charge in [-0.3, -0.25) is 14.3 Å². The normalized spacial score (nSPS) is 14.3. The van der Waals surface area contributed by atoms with Crippen LogP contribution in [0.5, 0.6) is 0 Å². The van der Waals surface area contributed by atoms with Gasteiger partial charge in [0.1, 0.15) is 0 Å². The van der Waals surface area contributed by atoms with Crippen molar-refractivity contribution in [2.45, 2.75) is 31.1 Å². The summed E-state index contributed by atoms with van der Waals surface area (Å²) in [6.45, 7) is 2.67. The van der Waals surface area contributed by atoms with Crippen LogP contribution in [0.15, 0.2) is 47.4 Å². The summed E-state index contributed by atoms with van der Waals surface area (Å²) in [6, 6.07) is 10.3. The van der Waals surface area contributed by atoms with Gasteiger partial charge in [0.25, 0.3) is 15.9 Å². The summed E-state index contributed by atoms with van der Waals surface area (Å²) < 4.78 is 28.1. The van der Waals surface area contributed by atoms with Gasteiger partial charge in [-0.25, -0.2) is 8.42 Å². The minimum atomic E-state index is -3.95. The predicted molar refractivity (Wildman–Crippen MR) is 113 cm³/mol. The summed E-state index contributed by atoms with van der Waals surface area (Å²) in [5.74, 6) is -0.474. The summed E-state index contributed by atoms with van der Waals surface area (Å²) in [7, 11) is -3.95. The standard InChI is InChI=1S/C20H22ClN3O4S/c1-14(25)22-16-6-8-17(9-7-16)29(27,28)23-19-13-15(21)5-10-18(19)20(26)24-11-3-2-4-12-24/h5-10,13,23H,2-4,11-12H2,1H3,(H,22,25). The third-order valence-electron chi connectivity index (χ3n) is 4.58. The molecule has 0 atom stereocenters. The molecule has 0 aliphatic carbocycles. The molecule has 1 fully saturated rings. The van der Waals surface area contributed by atoms with Crippen LogP contribution in [0, 0.1) is 0 Å². The molecule has 0 bridgehead atoms. The van der Waals surface area contributed by atoms with Gasteiger partial charge in [-0.2, -0.15) is 0 Å². The lowest BCUT2D eigenvalue weighted by atomic mass is 10.1. The molecule has 7 nitrogen and oxygen atoms in total. The van der Waals surface area contributed by atoms with E-state index in [0.29, 0.717) is 23.8 Å². The Hall–Kier alpha value is -2.58. The second kappa shape index (κ2) is 8.84. The van der Waals surface area contributed by atoms with Gasteiger partial charge in [-0.1, -0.05) is 11.6 Å². The third-order valence-corrected chi connectivity index (χ3v) is 6.20. The van der Waals surface area contributed by atoms with Crippen LogP contribution in [-0.2, 0) is 14.8 Å². The Kier molecular flexibility index (Phi) is 6.44. The van der Waals surface area contributed by atoms with Crippen LogP contribution >= 0.6 is 11.6 Å². The first-order chi connectivity index (χ1) is 13.8. The fourth-order valence-corrected chi connectivity index (χ4v) is 4.42. The Morgan fingerprint density at radius 2 is 1.66 bits per heavy atom. The molecular weight excluding hydrogens is 414 g/mol. The molecular formula is C20H22ClN3O4S. The highest BCUT2D eigenvalue weighted by Crippen LogP contribution is 2.27. The molecule has 0 radical (unpaired) electrons. The number of nitrogens with zero attached hydrogens (tertiary/aromatic N) is 1. The molecule has 2 amide bonds. The first-order valence-electron chi connectivity index (χ1n) is 9.25. The van der Waals surface area contributed by atoms with E-state index < -0.39 is 10.0 Å². The number of sulfonamides is 1. The highest BCUT2D eigenvalue weighted by atomic mass is 35.5. The highest BCUT2D eigenvalue weighted by molar-refractivity contribution is 7.92. The summed E-state index contributed by atoms with van der Waals surface area (Å²) in [4.78, 5) is 25.8. The molecule has 0 aromatic heterocycles. The van der Waals surface area contributed by atoms with E-state index >= 15 is 0 Å². The summed E-state index contributed by atoms with van der Waals surface area (Å²) in [6.07, 6.45) is 2.94. The zero-order valence-electron chi connectivity index (χ0n) is 15.9. The second-order valence-corrected chi connectivity index (χ2v) is 8.97. The van der Waals surface area contributed by atoms with Crippen molar-refractivity contribution in [2.24, 2.45) is 0 Å². The maximum Gasteiger partial charge on any atom is 0.261 e. The van der Waals surface area contributed by atoms with E-state index in [1.54, 1.807) is 11.0 Å². The number of nitrogens with one attached hydrogen (secondary N) is 2. The van der Waals surface area contributed by atoms with Crippen LogP contribution in [-0.4, -0.2) is 38.2 Å². The van der Waals surface area contributed by atoms with Crippen LogP contribution in [0.2, 0.25) is 5.02 Å². The van der Waals surface area contributed by atoms with Gasteiger partial charge in [-0.15, -0.1) is 0 Å². The van der Waals surface area contributed by atoms with Crippen LogP contribution in [0.3, 0.4) is 0 Å². The topological polar surface area (TPSA) is 95.6 Å². The van der Waals surface area contributed by atoms with Crippen LogP contribution in [0.25, 0.3) is 0 Å². The van der Waals surface area contributed by atoms with Gasteiger partial charge in [0.2, 0.25) is 5.91 Å². The predicted octanol–water partition coefficient (Wildman–Crippen LogP) is 3.73. The van der Waals surface area contributed by atoms with Crippen LogP contribution in [0.4, 0.5) is 11.4 Å². The minimum Gasteiger partial charge on any atom is -0.339 e. The van der Waals surface area contributed by atoms with Crippen molar-refractivity contribution in [3.8, 4) is 0 Å². The Morgan fingerprint density at radius 3 is 2.28 bits per heavy atom. The monoisotopic (exact) mass is 435 g/mol. The maximum atomic E-state index is 12.9. The van der Waals surface area contributed by atoms with Crippen molar-refractivity contribution in [3.63, 3.8) is 0 Å². The Balaban J connectivity index is 1.87. The summed E-state index contributed by atoms with van der Waals surface area (Å²) in [5.41, 5.74) is 0.883. The number of hydrogen-bond donors (Lipinski definition) is 2. The number of halogens is 1. The van der Waals surface area contributed by atoms with E-state index in [2.05, 4.69) is 10.0 Å². The van der Waals surface area contributed by atoms with E-state index in [9.17, 15) is 18.0 Å². The van der Waals surface area contributed by atoms with E-state index in [1.165, 1.54) is 43.3 Å². The molecule has 2 aromatic rings. The average Bonchev–Trinajstić information content (AvgIpc) is 2.68. The molecule has 0 saturated carbocycles. The number of benzene rings is 2. The third kappa shape index (κ3) is 5.27. The van der Waals surface area contributed by atoms with Crippen molar-refractivity contribution < 1.29 is 18.0 Å². The van der Waals surface area contributed by atoms with Crippen LogP contribution in [0.1, 0.15) is 36.5 Å². The number of amides is 2. The molecule has 1 aliphatic rings. The number of anilines is 2. The Morgan fingerprint density at radius 1 is 1.00 bits per heavy atom. The number of carbonyl (C=O) groups is 2. The molecule has 29 heavy (non-hydrogen) atoms. The average molecular weight is 436 g/mol. The lowest BCUT2D eigenvalue weighted by molar-refractivity contribution is -0.114. The van der Waals surface area contributed by atoms with Gasteiger partial charge in [0.05, 0.1) is 16.1 Å². The highest BCUT2D eigenvalue weighted by Gasteiger charge is 2.24. The smallest absolute Gasteiger partial charge is 0.261 e. The summed E-state index contributed by atoms with van der Waals surface area (Å²) in [5, 5.41) is 2.90. The number of hydrogen-bond acceptors (Lipinski definition) is 4. The van der Waals surface area contributed by atoms with Gasteiger partial charge in [-0.05, 0) is 61.7 Å². The zero-order chi connectivity index (χ0) is 21.0. The Bertz CT molecular complexity index is 1020. The van der Waals surface area contributed by atoms with Crippen molar-refractivity contribution in [2.75, 3.05) is 23.1 Å². The molecule has 2 N–H and O–H groups in total. The fourth-order valence-electron chi connectivity index (χ4n) is 3.18. The van der Waals surface area contributed by atoms with Gasteiger partial charge < -0.3 is 10.2 Å². The quantitative estimate of drug-likeness (QED) is 0.748. The number of likely N-dealkylation sites (tertiary alicyclic amines) is 1. The molecule has 1 aliphatic heterocycles. The van der Waals surface area contributed by atoms with E-state index in [1.807, 2.05) is 0 Å². The molecule has 154 valence electrons. The van der Waals surface area contributed by atoms with Crippen molar-refractivity contribution in [3.05, 3.63) is 53.1 Å². The molecule has 0 unspecified atom stereocenters. The van der Waals surface area contributed by atoms with Gasteiger partial charge in [0, 0.05) is 30.7 Å². The lowest BCUT2D eigenvalue weighted by Crippen LogP contribution is -2.36. The molecule has 0 spiro atoms. The SMILES string of the molecule is CC(=O)Nc1ccc(S(=O)(=O)Nc2cc(Cl)ccc2C(=O)N2CCCCC2)cc1. The minimum absolute atomic E-state index is 0.00273. The molecule has 3 rings (SSSR count). The van der Waals surface area contributed by atoms with E-state index in [0.717, 1.165) is 19.3 Å². The maximum absolute atomic E-state index is 12.9.